The second kappa shape index (κ2) is 12.0. The van der Waals surface area contributed by atoms with Crippen LogP contribution in [0.1, 0.15) is 18.4 Å². The first-order chi connectivity index (χ1) is 16.3. The summed E-state index contributed by atoms with van der Waals surface area (Å²) in [6.07, 6.45) is -0.155. The third-order valence-electron chi connectivity index (χ3n) is 5.06. The van der Waals surface area contributed by atoms with E-state index < -0.39 is 28.1 Å². The molecular formula is C25H27N3O5S. The Bertz CT molecular complexity index is 1180. The molecule has 0 spiro atoms. The van der Waals surface area contributed by atoms with Crippen molar-refractivity contribution in [2.45, 2.75) is 30.4 Å². The van der Waals surface area contributed by atoms with Crippen LogP contribution in [0.3, 0.4) is 0 Å². The van der Waals surface area contributed by atoms with E-state index >= 15 is 0 Å². The maximum atomic E-state index is 12.7. The van der Waals surface area contributed by atoms with Crippen LogP contribution >= 0.6 is 0 Å². The molecule has 0 bridgehead atoms. The van der Waals surface area contributed by atoms with Crippen molar-refractivity contribution < 1.29 is 22.7 Å². The highest BCUT2D eigenvalue weighted by atomic mass is 32.2. The lowest BCUT2D eigenvalue weighted by Gasteiger charge is -2.16. The average Bonchev–Trinajstić information content (AvgIpc) is 2.85. The molecular weight excluding hydrogens is 454 g/mol. The van der Waals surface area contributed by atoms with Gasteiger partial charge < -0.3 is 15.8 Å². The van der Waals surface area contributed by atoms with E-state index in [0.717, 1.165) is 16.7 Å². The molecule has 0 fully saturated rings. The second-order valence-electron chi connectivity index (χ2n) is 7.60. The first kappa shape index (κ1) is 24.9. The van der Waals surface area contributed by atoms with Gasteiger partial charge in [0.05, 0.1) is 4.90 Å². The van der Waals surface area contributed by atoms with Crippen molar-refractivity contribution >= 4 is 22.0 Å². The Morgan fingerprint density at radius 2 is 1.44 bits per heavy atom. The SMILES string of the molecule is NC(=O)[C@H](CCCNC(=O)OCc1ccccc1)NS(=O)(=O)c1ccc(-c2ccccc2)cc1. The highest BCUT2D eigenvalue weighted by molar-refractivity contribution is 7.89. The minimum Gasteiger partial charge on any atom is -0.445 e. The van der Waals surface area contributed by atoms with E-state index in [1.165, 1.54) is 12.1 Å². The molecule has 8 nitrogen and oxygen atoms in total. The maximum absolute atomic E-state index is 12.7. The maximum Gasteiger partial charge on any atom is 0.407 e. The van der Waals surface area contributed by atoms with Crippen molar-refractivity contribution in [3.05, 3.63) is 90.5 Å². The molecule has 0 heterocycles. The minimum atomic E-state index is -3.96. The van der Waals surface area contributed by atoms with Crippen molar-refractivity contribution in [2.24, 2.45) is 5.73 Å². The number of alkyl carbamates (subject to hydrolysis) is 1. The van der Waals surface area contributed by atoms with Crippen LogP contribution in [0.2, 0.25) is 0 Å². The van der Waals surface area contributed by atoms with Crippen LogP contribution in [0.15, 0.2) is 89.8 Å². The van der Waals surface area contributed by atoms with Crippen LogP contribution in [0.5, 0.6) is 0 Å². The van der Waals surface area contributed by atoms with Gasteiger partial charge in [-0.2, -0.15) is 4.72 Å². The summed E-state index contributed by atoms with van der Waals surface area (Å²) >= 11 is 0. The highest BCUT2D eigenvalue weighted by Crippen LogP contribution is 2.21. The Morgan fingerprint density at radius 1 is 0.853 bits per heavy atom. The standard InChI is InChI=1S/C25H27N3O5S/c26-24(29)23(12-7-17-27-25(30)33-18-19-8-3-1-4-9-19)28-34(31,32)22-15-13-21(14-16-22)20-10-5-2-6-11-20/h1-6,8-11,13-16,23,28H,7,12,17-18H2,(H2,26,29)(H,27,30)/t23-/m0/s1. The zero-order valence-corrected chi connectivity index (χ0v) is 19.3. The number of hydrogen-bond donors (Lipinski definition) is 3. The van der Waals surface area contributed by atoms with Crippen molar-refractivity contribution in [3.63, 3.8) is 0 Å². The third kappa shape index (κ3) is 7.43. The van der Waals surface area contributed by atoms with Crippen LogP contribution < -0.4 is 15.8 Å². The molecule has 0 aliphatic rings. The number of primary amides is 1. The highest BCUT2D eigenvalue weighted by Gasteiger charge is 2.24. The smallest absolute Gasteiger partial charge is 0.407 e. The molecule has 3 rings (SSSR count). The number of nitrogens with one attached hydrogen (secondary N) is 2. The van der Waals surface area contributed by atoms with Crippen LogP contribution in [-0.2, 0) is 26.2 Å². The van der Waals surface area contributed by atoms with E-state index in [0.29, 0.717) is 6.42 Å². The fraction of sp³-hybridized carbons (Fsp3) is 0.200. The first-order valence-electron chi connectivity index (χ1n) is 10.8. The third-order valence-corrected chi connectivity index (χ3v) is 6.55. The van der Waals surface area contributed by atoms with Gasteiger partial charge >= 0.3 is 6.09 Å². The van der Waals surface area contributed by atoms with E-state index in [-0.39, 0.29) is 24.5 Å². The molecule has 178 valence electrons. The molecule has 2 amide bonds. The van der Waals surface area contributed by atoms with E-state index in [1.54, 1.807) is 12.1 Å². The van der Waals surface area contributed by atoms with Crippen LogP contribution in [0, 0.1) is 0 Å². The monoisotopic (exact) mass is 481 g/mol. The number of ether oxygens (including phenoxy) is 1. The van der Waals surface area contributed by atoms with E-state index in [9.17, 15) is 18.0 Å². The number of rotatable bonds is 11. The Hall–Kier alpha value is -3.69. The lowest BCUT2D eigenvalue weighted by Crippen LogP contribution is -2.44. The molecule has 3 aromatic rings. The quantitative estimate of drug-likeness (QED) is 0.363. The number of amides is 2. The molecule has 0 saturated heterocycles. The molecule has 4 N–H and O–H groups in total. The Balaban J connectivity index is 1.49. The molecule has 0 aliphatic heterocycles. The average molecular weight is 482 g/mol. The summed E-state index contributed by atoms with van der Waals surface area (Å²) in [7, 11) is -3.96. The molecule has 34 heavy (non-hydrogen) atoms. The van der Waals surface area contributed by atoms with Gasteiger partial charge in [0.25, 0.3) is 0 Å². The van der Waals surface area contributed by atoms with Crippen molar-refractivity contribution in [3.8, 4) is 11.1 Å². The zero-order chi connectivity index (χ0) is 24.4. The summed E-state index contributed by atoms with van der Waals surface area (Å²) in [6.45, 7) is 0.338. The molecule has 0 aromatic heterocycles. The predicted octanol–water partition coefficient (Wildman–Crippen LogP) is 3.19. The van der Waals surface area contributed by atoms with Crippen LogP contribution in [0.25, 0.3) is 11.1 Å². The predicted molar refractivity (Wildman–Crippen MR) is 129 cm³/mol. The van der Waals surface area contributed by atoms with E-state index in [2.05, 4.69) is 10.0 Å². The summed E-state index contributed by atoms with van der Waals surface area (Å²) in [6, 6.07) is 24.0. The van der Waals surface area contributed by atoms with Gasteiger partial charge in [-0.05, 0) is 41.7 Å². The van der Waals surface area contributed by atoms with Crippen molar-refractivity contribution in [2.75, 3.05) is 6.54 Å². The molecule has 3 aromatic carbocycles. The van der Waals surface area contributed by atoms with E-state index in [4.69, 9.17) is 10.5 Å². The number of benzene rings is 3. The molecule has 0 unspecified atom stereocenters. The zero-order valence-electron chi connectivity index (χ0n) is 18.5. The summed E-state index contributed by atoms with van der Waals surface area (Å²) < 4.78 is 33.0. The van der Waals surface area contributed by atoms with Crippen molar-refractivity contribution in [1.82, 2.24) is 10.0 Å². The number of hydrogen-bond acceptors (Lipinski definition) is 5. The van der Waals surface area contributed by atoms with Gasteiger partial charge in [0.15, 0.2) is 0 Å². The van der Waals surface area contributed by atoms with Crippen LogP contribution in [0.4, 0.5) is 4.79 Å². The van der Waals surface area contributed by atoms with Gasteiger partial charge in [0.2, 0.25) is 15.9 Å². The number of sulfonamides is 1. The first-order valence-corrected chi connectivity index (χ1v) is 12.2. The van der Waals surface area contributed by atoms with Gasteiger partial charge in [-0.3, -0.25) is 4.79 Å². The fourth-order valence-corrected chi connectivity index (χ4v) is 4.48. The van der Waals surface area contributed by atoms with Gasteiger partial charge in [-0.15, -0.1) is 0 Å². The largest absolute Gasteiger partial charge is 0.445 e. The van der Waals surface area contributed by atoms with E-state index in [1.807, 2.05) is 60.7 Å². The summed E-state index contributed by atoms with van der Waals surface area (Å²) in [5.41, 5.74) is 8.09. The summed E-state index contributed by atoms with van der Waals surface area (Å²) in [5, 5.41) is 2.57. The summed E-state index contributed by atoms with van der Waals surface area (Å²) in [4.78, 5) is 23.6. The Labute approximate surface area is 199 Å². The molecule has 0 radical (unpaired) electrons. The number of carbonyl (C=O) groups is 2. The lowest BCUT2D eigenvalue weighted by atomic mass is 10.1. The Morgan fingerprint density at radius 3 is 2.06 bits per heavy atom. The number of nitrogens with two attached hydrogens (primary N) is 1. The van der Waals surface area contributed by atoms with Gasteiger partial charge in [0, 0.05) is 6.54 Å². The Kier molecular flexibility index (Phi) is 8.78. The van der Waals surface area contributed by atoms with Crippen LogP contribution in [-0.4, -0.2) is 33.0 Å². The van der Waals surface area contributed by atoms with Gasteiger partial charge in [-0.1, -0.05) is 72.8 Å². The fourth-order valence-electron chi connectivity index (χ4n) is 3.24. The normalized spacial score (nSPS) is 12.0. The summed E-state index contributed by atoms with van der Waals surface area (Å²) in [5.74, 6) is -0.795. The lowest BCUT2D eigenvalue weighted by molar-refractivity contribution is -0.119. The second-order valence-corrected chi connectivity index (χ2v) is 9.31. The van der Waals surface area contributed by atoms with Gasteiger partial charge in [-0.25, -0.2) is 13.2 Å². The molecule has 0 saturated carbocycles. The van der Waals surface area contributed by atoms with Crippen molar-refractivity contribution in [1.29, 1.82) is 0 Å². The molecule has 9 heteroatoms. The number of carbonyl (C=O) groups excluding carboxylic acids is 2. The minimum absolute atomic E-state index is 0.0287. The molecule has 1 atom stereocenters. The topological polar surface area (TPSA) is 128 Å². The molecule has 0 aliphatic carbocycles. The van der Waals surface area contributed by atoms with Gasteiger partial charge in [0.1, 0.15) is 12.6 Å².